The van der Waals surface area contributed by atoms with Crippen LogP contribution in [0.1, 0.15) is 11.1 Å². The van der Waals surface area contributed by atoms with Crippen LogP contribution in [0.2, 0.25) is 0 Å². The average Bonchev–Trinajstić information content (AvgIpc) is 2.55. The highest BCUT2D eigenvalue weighted by Gasteiger charge is 2.25. The van der Waals surface area contributed by atoms with Crippen LogP contribution in [0.25, 0.3) is 11.1 Å². The molecule has 0 spiro atoms. The molecule has 2 rings (SSSR count). The van der Waals surface area contributed by atoms with E-state index in [1.807, 2.05) is 0 Å². The molecule has 0 fully saturated rings. The molecule has 2 aromatic rings. The lowest BCUT2D eigenvalue weighted by atomic mass is 9.92. The summed E-state index contributed by atoms with van der Waals surface area (Å²) in [5, 5.41) is 30.9. The smallest absolute Gasteiger partial charge is 0.279 e. The van der Waals surface area contributed by atoms with Crippen LogP contribution >= 0.6 is 0 Å². The fourth-order valence-corrected chi connectivity index (χ4v) is 2.50. The van der Waals surface area contributed by atoms with Crippen LogP contribution in [-0.2, 0) is 6.61 Å². The summed E-state index contributed by atoms with van der Waals surface area (Å²) < 4.78 is 10.5. The molecule has 0 unspecified atom stereocenters. The number of aliphatic hydroxyl groups is 1. The molecule has 0 saturated heterocycles. The highest BCUT2D eigenvalue weighted by atomic mass is 16.6. The Labute approximate surface area is 132 Å². The number of nitro groups is 1. The molecular weight excluding hydrogens is 302 g/mol. The van der Waals surface area contributed by atoms with E-state index in [-0.39, 0.29) is 17.0 Å². The van der Waals surface area contributed by atoms with E-state index >= 15 is 0 Å². The van der Waals surface area contributed by atoms with Gasteiger partial charge < -0.3 is 19.7 Å². The van der Waals surface area contributed by atoms with Gasteiger partial charge in [-0.1, -0.05) is 0 Å². The van der Waals surface area contributed by atoms with Gasteiger partial charge in [0.25, 0.3) is 5.69 Å². The Balaban J connectivity index is 2.89. The van der Waals surface area contributed by atoms with Crippen molar-refractivity contribution in [1.29, 1.82) is 0 Å². The Morgan fingerprint density at radius 3 is 2.43 bits per heavy atom. The summed E-state index contributed by atoms with van der Waals surface area (Å²) in [5.41, 5.74) is 1.01. The van der Waals surface area contributed by atoms with Crippen molar-refractivity contribution in [3.05, 3.63) is 45.5 Å². The molecule has 2 N–H and O–H groups in total. The Bertz CT molecular complexity index is 757. The number of hydrogen-bond donors (Lipinski definition) is 2. The van der Waals surface area contributed by atoms with Crippen molar-refractivity contribution in [3.8, 4) is 28.4 Å². The first-order valence-corrected chi connectivity index (χ1v) is 6.77. The average molecular weight is 319 g/mol. The molecule has 7 heteroatoms. The van der Waals surface area contributed by atoms with Gasteiger partial charge in [-0.2, -0.15) is 0 Å². The van der Waals surface area contributed by atoms with Gasteiger partial charge in [-0.15, -0.1) is 0 Å². The summed E-state index contributed by atoms with van der Waals surface area (Å²) in [6.07, 6.45) is 0. The highest BCUT2D eigenvalue weighted by Crippen LogP contribution is 2.43. The largest absolute Gasteiger partial charge is 0.507 e. The van der Waals surface area contributed by atoms with Crippen LogP contribution in [-0.4, -0.2) is 29.4 Å². The molecule has 0 atom stereocenters. The Kier molecular flexibility index (Phi) is 4.71. The van der Waals surface area contributed by atoms with E-state index in [0.717, 1.165) is 6.07 Å². The van der Waals surface area contributed by atoms with E-state index in [0.29, 0.717) is 28.2 Å². The van der Waals surface area contributed by atoms with Crippen LogP contribution < -0.4 is 9.47 Å². The lowest BCUT2D eigenvalue weighted by Crippen LogP contribution is -2.02. The summed E-state index contributed by atoms with van der Waals surface area (Å²) in [7, 11) is 2.97. The van der Waals surface area contributed by atoms with Crippen LogP contribution in [0.15, 0.2) is 24.3 Å². The van der Waals surface area contributed by atoms with Gasteiger partial charge in [0.15, 0.2) is 0 Å². The van der Waals surface area contributed by atoms with Crippen LogP contribution in [0.3, 0.4) is 0 Å². The molecule has 0 saturated carbocycles. The molecule has 0 bridgehead atoms. The van der Waals surface area contributed by atoms with E-state index in [9.17, 15) is 20.3 Å². The van der Waals surface area contributed by atoms with Gasteiger partial charge in [0, 0.05) is 11.1 Å². The first-order chi connectivity index (χ1) is 10.9. The van der Waals surface area contributed by atoms with E-state index < -0.39 is 11.5 Å². The standard InChI is InChI=1S/C16H17NO6/c1-9-14(19)7-13(17(20)21)12(8-18)16(9)11-6-10(22-2)4-5-15(11)23-3/h4-7,18-19H,8H2,1-3H3. The second-order valence-electron chi connectivity index (χ2n) is 4.87. The van der Waals surface area contributed by atoms with Gasteiger partial charge in [-0.05, 0) is 30.7 Å². The quantitative estimate of drug-likeness (QED) is 0.649. The zero-order valence-electron chi connectivity index (χ0n) is 13.0. The van der Waals surface area contributed by atoms with Gasteiger partial charge >= 0.3 is 0 Å². The predicted molar refractivity (Wildman–Crippen MR) is 84.0 cm³/mol. The predicted octanol–water partition coefficient (Wildman–Crippen LogP) is 2.79. The van der Waals surface area contributed by atoms with Crippen molar-refractivity contribution in [2.24, 2.45) is 0 Å². The minimum atomic E-state index is -0.638. The molecule has 0 aliphatic rings. The number of rotatable bonds is 5. The second-order valence-corrected chi connectivity index (χ2v) is 4.87. The Morgan fingerprint density at radius 2 is 1.91 bits per heavy atom. The first-order valence-electron chi connectivity index (χ1n) is 6.77. The van der Waals surface area contributed by atoms with Crippen molar-refractivity contribution in [1.82, 2.24) is 0 Å². The fraction of sp³-hybridized carbons (Fsp3) is 0.250. The third kappa shape index (κ3) is 2.91. The van der Waals surface area contributed by atoms with Crippen molar-refractivity contribution < 1.29 is 24.6 Å². The van der Waals surface area contributed by atoms with Crippen LogP contribution in [0.5, 0.6) is 17.2 Å². The topological polar surface area (TPSA) is 102 Å². The zero-order valence-corrected chi connectivity index (χ0v) is 13.0. The number of phenols is 1. The van der Waals surface area contributed by atoms with Crippen molar-refractivity contribution in [2.75, 3.05) is 14.2 Å². The molecule has 2 aromatic carbocycles. The maximum Gasteiger partial charge on any atom is 0.279 e. The third-order valence-electron chi connectivity index (χ3n) is 3.67. The van der Waals surface area contributed by atoms with Crippen molar-refractivity contribution in [3.63, 3.8) is 0 Å². The summed E-state index contributed by atoms with van der Waals surface area (Å²) in [4.78, 5) is 10.6. The number of methoxy groups -OCH3 is 2. The summed E-state index contributed by atoms with van der Waals surface area (Å²) in [6, 6.07) is 6.03. The molecule has 0 aliphatic carbocycles. The SMILES string of the molecule is COc1ccc(OC)c(-c2c(C)c(O)cc([N+](=O)[O-])c2CO)c1. The highest BCUT2D eigenvalue weighted by molar-refractivity contribution is 5.82. The molecular formula is C16H17NO6. The number of phenolic OH excluding ortho intramolecular Hbond substituents is 1. The van der Waals surface area contributed by atoms with Gasteiger partial charge in [0.1, 0.15) is 17.2 Å². The number of ether oxygens (including phenoxy) is 2. The molecule has 7 nitrogen and oxygen atoms in total. The lowest BCUT2D eigenvalue weighted by molar-refractivity contribution is -0.385. The van der Waals surface area contributed by atoms with Gasteiger partial charge in [0.2, 0.25) is 0 Å². The van der Waals surface area contributed by atoms with Gasteiger partial charge in [-0.25, -0.2) is 0 Å². The second kappa shape index (κ2) is 6.53. The van der Waals surface area contributed by atoms with Gasteiger partial charge in [0.05, 0.1) is 37.4 Å². The van der Waals surface area contributed by atoms with E-state index in [1.54, 1.807) is 25.1 Å². The summed E-state index contributed by atoms with van der Waals surface area (Å²) in [6.45, 7) is 1.07. The minimum absolute atomic E-state index is 0.108. The molecule has 122 valence electrons. The molecule has 0 amide bonds. The zero-order chi connectivity index (χ0) is 17.1. The van der Waals surface area contributed by atoms with E-state index in [2.05, 4.69) is 0 Å². The fourth-order valence-electron chi connectivity index (χ4n) is 2.50. The summed E-state index contributed by atoms with van der Waals surface area (Å²) >= 11 is 0. The first kappa shape index (κ1) is 16.6. The third-order valence-corrected chi connectivity index (χ3v) is 3.67. The van der Waals surface area contributed by atoms with Crippen LogP contribution in [0, 0.1) is 17.0 Å². The number of aliphatic hydroxyl groups excluding tert-OH is 1. The maximum absolute atomic E-state index is 11.2. The number of nitro benzene ring substituents is 1. The Hall–Kier alpha value is -2.80. The normalized spacial score (nSPS) is 10.4. The van der Waals surface area contributed by atoms with Crippen molar-refractivity contribution in [2.45, 2.75) is 13.5 Å². The maximum atomic E-state index is 11.2. The molecule has 0 aromatic heterocycles. The minimum Gasteiger partial charge on any atom is -0.507 e. The molecule has 0 heterocycles. The van der Waals surface area contributed by atoms with Gasteiger partial charge in [-0.3, -0.25) is 10.1 Å². The number of hydrogen-bond acceptors (Lipinski definition) is 6. The van der Waals surface area contributed by atoms with E-state index in [4.69, 9.17) is 9.47 Å². The molecule has 23 heavy (non-hydrogen) atoms. The molecule has 0 aliphatic heterocycles. The lowest BCUT2D eigenvalue weighted by Gasteiger charge is -2.17. The number of nitrogens with zero attached hydrogens (tertiary/aromatic N) is 1. The number of aromatic hydroxyl groups is 1. The Morgan fingerprint density at radius 1 is 1.22 bits per heavy atom. The summed E-state index contributed by atoms with van der Waals surface area (Å²) in [5.74, 6) is 0.743. The van der Waals surface area contributed by atoms with Crippen LogP contribution in [0.4, 0.5) is 5.69 Å². The molecule has 0 radical (unpaired) electrons. The number of benzene rings is 2. The van der Waals surface area contributed by atoms with Crippen molar-refractivity contribution >= 4 is 5.69 Å². The van der Waals surface area contributed by atoms with E-state index in [1.165, 1.54) is 14.2 Å². The monoisotopic (exact) mass is 319 g/mol.